The number of hydrogen-bond donors (Lipinski definition) is 1. The number of carbonyl (C=O) groups excluding carboxylic acids is 1. The van der Waals surface area contributed by atoms with Crippen LogP contribution in [0.1, 0.15) is 22.9 Å². The minimum absolute atomic E-state index is 0.320. The van der Waals surface area contributed by atoms with E-state index in [1.54, 1.807) is 30.5 Å². The number of ether oxygens (including phenoxy) is 1. The summed E-state index contributed by atoms with van der Waals surface area (Å²) >= 11 is 1.65. The van der Waals surface area contributed by atoms with Crippen LogP contribution in [0.4, 0.5) is 10.9 Å². The number of pyridine rings is 1. The first-order chi connectivity index (χ1) is 12.7. The molecule has 0 atom stereocenters. The van der Waals surface area contributed by atoms with E-state index in [-0.39, 0.29) is 5.97 Å². The van der Waals surface area contributed by atoms with Crippen molar-refractivity contribution >= 4 is 34.3 Å². The SMILES string of the molecule is CCOC(=O)/C=C/c1ccc2c(c1)Cc1sc(Nc3ccccn3)nc1-2. The molecule has 130 valence electrons. The van der Waals surface area contributed by atoms with Gasteiger partial charge in [0, 0.05) is 29.1 Å². The topological polar surface area (TPSA) is 64.1 Å². The van der Waals surface area contributed by atoms with Gasteiger partial charge in [0.25, 0.3) is 0 Å². The van der Waals surface area contributed by atoms with Crippen molar-refractivity contribution in [1.82, 2.24) is 9.97 Å². The molecular formula is C20H17N3O2S. The molecule has 0 saturated carbocycles. The smallest absolute Gasteiger partial charge is 0.330 e. The summed E-state index contributed by atoms with van der Waals surface area (Å²) < 4.78 is 4.91. The van der Waals surface area contributed by atoms with Crippen LogP contribution in [-0.4, -0.2) is 22.5 Å². The molecule has 2 aromatic heterocycles. The third-order valence-electron chi connectivity index (χ3n) is 4.03. The maximum Gasteiger partial charge on any atom is 0.330 e. The second kappa shape index (κ2) is 7.09. The van der Waals surface area contributed by atoms with Crippen LogP contribution in [0, 0.1) is 0 Å². The molecule has 6 heteroatoms. The van der Waals surface area contributed by atoms with E-state index >= 15 is 0 Å². The van der Waals surface area contributed by atoms with Crippen LogP contribution in [0.25, 0.3) is 17.3 Å². The highest BCUT2D eigenvalue weighted by Gasteiger charge is 2.23. The van der Waals surface area contributed by atoms with Gasteiger partial charge in [-0.15, -0.1) is 11.3 Å². The van der Waals surface area contributed by atoms with Crippen LogP contribution < -0.4 is 5.32 Å². The first-order valence-corrected chi connectivity index (χ1v) is 9.20. The molecule has 2 heterocycles. The number of aromatic nitrogens is 2. The van der Waals surface area contributed by atoms with Crippen molar-refractivity contribution in [2.24, 2.45) is 0 Å². The van der Waals surface area contributed by atoms with Gasteiger partial charge < -0.3 is 10.1 Å². The quantitative estimate of drug-likeness (QED) is 0.420. The zero-order valence-electron chi connectivity index (χ0n) is 14.2. The van der Waals surface area contributed by atoms with Crippen molar-refractivity contribution in [1.29, 1.82) is 0 Å². The highest BCUT2D eigenvalue weighted by atomic mass is 32.1. The highest BCUT2D eigenvalue weighted by molar-refractivity contribution is 7.16. The number of esters is 1. The van der Waals surface area contributed by atoms with E-state index in [1.807, 2.05) is 24.3 Å². The molecule has 26 heavy (non-hydrogen) atoms. The number of hydrogen-bond acceptors (Lipinski definition) is 6. The van der Waals surface area contributed by atoms with Gasteiger partial charge in [0.2, 0.25) is 0 Å². The zero-order valence-corrected chi connectivity index (χ0v) is 15.0. The predicted molar refractivity (Wildman–Crippen MR) is 104 cm³/mol. The van der Waals surface area contributed by atoms with E-state index in [9.17, 15) is 4.79 Å². The summed E-state index contributed by atoms with van der Waals surface area (Å²) in [7, 11) is 0. The molecule has 0 aliphatic heterocycles. The number of fused-ring (bicyclic) bond motifs is 3. The number of anilines is 2. The maximum absolute atomic E-state index is 11.4. The normalized spacial score (nSPS) is 12.0. The largest absolute Gasteiger partial charge is 0.463 e. The number of nitrogens with one attached hydrogen (secondary N) is 1. The Morgan fingerprint density at radius 3 is 3.08 bits per heavy atom. The molecule has 1 N–H and O–H groups in total. The van der Waals surface area contributed by atoms with Gasteiger partial charge in [-0.3, -0.25) is 0 Å². The minimum Gasteiger partial charge on any atom is -0.463 e. The van der Waals surface area contributed by atoms with Crippen LogP contribution in [0.5, 0.6) is 0 Å². The van der Waals surface area contributed by atoms with Crippen molar-refractivity contribution in [3.05, 3.63) is 64.7 Å². The highest BCUT2D eigenvalue weighted by Crippen LogP contribution is 2.41. The van der Waals surface area contributed by atoms with E-state index in [2.05, 4.69) is 22.4 Å². The average molecular weight is 363 g/mol. The van der Waals surface area contributed by atoms with Gasteiger partial charge >= 0.3 is 5.97 Å². The van der Waals surface area contributed by atoms with E-state index in [4.69, 9.17) is 9.72 Å². The summed E-state index contributed by atoms with van der Waals surface area (Å²) in [4.78, 5) is 21.7. The Balaban J connectivity index is 1.53. The Kier molecular flexibility index (Phi) is 4.50. The minimum atomic E-state index is -0.320. The van der Waals surface area contributed by atoms with Crippen molar-refractivity contribution in [2.75, 3.05) is 11.9 Å². The Bertz CT molecular complexity index is 980. The Morgan fingerprint density at radius 1 is 1.35 bits per heavy atom. The summed E-state index contributed by atoms with van der Waals surface area (Å²) in [6, 6.07) is 11.9. The molecule has 0 unspecified atom stereocenters. The fraction of sp³-hybridized carbons (Fsp3) is 0.150. The van der Waals surface area contributed by atoms with E-state index < -0.39 is 0 Å². The molecule has 0 bridgehead atoms. The summed E-state index contributed by atoms with van der Waals surface area (Å²) in [5.41, 5.74) is 4.40. The lowest BCUT2D eigenvalue weighted by Crippen LogP contribution is -1.98. The number of thiazole rings is 1. The van der Waals surface area contributed by atoms with Gasteiger partial charge in [0.05, 0.1) is 12.3 Å². The lowest BCUT2D eigenvalue weighted by Gasteiger charge is -2.03. The molecule has 0 saturated heterocycles. The molecule has 3 aromatic rings. The molecule has 5 nitrogen and oxygen atoms in total. The third-order valence-corrected chi connectivity index (χ3v) is 5.00. The molecule has 1 aliphatic carbocycles. The van der Waals surface area contributed by atoms with Crippen molar-refractivity contribution in [3.63, 3.8) is 0 Å². The van der Waals surface area contributed by atoms with Gasteiger partial charge in [-0.25, -0.2) is 14.8 Å². The van der Waals surface area contributed by atoms with Crippen molar-refractivity contribution in [2.45, 2.75) is 13.3 Å². The van der Waals surface area contributed by atoms with Crippen molar-refractivity contribution in [3.8, 4) is 11.3 Å². The van der Waals surface area contributed by atoms with Gasteiger partial charge in [-0.2, -0.15) is 0 Å². The molecule has 1 aromatic carbocycles. The molecule has 0 fully saturated rings. The molecule has 0 amide bonds. The number of rotatable bonds is 5. The summed E-state index contributed by atoms with van der Waals surface area (Å²) in [5.74, 6) is 0.471. The van der Waals surface area contributed by atoms with Crippen LogP contribution in [0.3, 0.4) is 0 Å². The number of benzene rings is 1. The predicted octanol–water partition coefficient (Wildman–Crippen LogP) is 4.43. The first-order valence-electron chi connectivity index (χ1n) is 8.39. The van der Waals surface area contributed by atoms with Gasteiger partial charge in [0.1, 0.15) is 5.82 Å². The monoisotopic (exact) mass is 363 g/mol. The lowest BCUT2D eigenvalue weighted by molar-refractivity contribution is -0.137. The van der Waals surface area contributed by atoms with Crippen LogP contribution >= 0.6 is 11.3 Å². The summed E-state index contributed by atoms with van der Waals surface area (Å²) in [6.45, 7) is 2.18. The standard InChI is InChI=1S/C20H17N3O2S/c1-2-25-18(24)9-7-13-6-8-15-14(11-13)12-16-19(15)23-20(26-16)22-17-5-3-4-10-21-17/h3-11H,2,12H2,1H3,(H,21,22,23)/b9-7+. The van der Waals surface area contributed by atoms with Crippen molar-refractivity contribution < 1.29 is 9.53 Å². The number of carbonyl (C=O) groups is 1. The molecule has 1 aliphatic rings. The Morgan fingerprint density at radius 2 is 2.27 bits per heavy atom. The second-order valence-electron chi connectivity index (χ2n) is 5.81. The Hall–Kier alpha value is -2.99. The number of nitrogens with zero attached hydrogens (tertiary/aromatic N) is 2. The second-order valence-corrected chi connectivity index (χ2v) is 6.89. The fourth-order valence-electron chi connectivity index (χ4n) is 2.90. The fourth-order valence-corrected chi connectivity index (χ4v) is 3.91. The third kappa shape index (κ3) is 3.36. The average Bonchev–Trinajstić information content (AvgIpc) is 3.17. The zero-order chi connectivity index (χ0) is 17.9. The van der Waals surface area contributed by atoms with Gasteiger partial charge in [-0.1, -0.05) is 24.3 Å². The molecule has 0 radical (unpaired) electrons. The van der Waals surface area contributed by atoms with Gasteiger partial charge in [-0.05, 0) is 36.3 Å². The molecular weight excluding hydrogens is 346 g/mol. The molecule has 4 rings (SSSR count). The summed E-state index contributed by atoms with van der Waals surface area (Å²) in [6.07, 6.45) is 5.85. The van der Waals surface area contributed by atoms with Crippen LogP contribution in [-0.2, 0) is 16.0 Å². The van der Waals surface area contributed by atoms with E-state index in [1.165, 1.54) is 16.5 Å². The first kappa shape index (κ1) is 16.5. The van der Waals surface area contributed by atoms with Gasteiger partial charge in [0.15, 0.2) is 5.13 Å². The molecule has 0 spiro atoms. The maximum atomic E-state index is 11.4. The van der Waals surface area contributed by atoms with Crippen LogP contribution in [0.2, 0.25) is 0 Å². The van der Waals surface area contributed by atoms with Crippen LogP contribution in [0.15, 0.2) is 48.7 Å². The lowest BCUT2D eigenvalue weighted by atomic mass is 10.1. The van der Waals surface area contributed by atoms with E-state index in [0.29, 0.717) is 6.61 Å². The van der Waals surface area contributed by atoms with E-state index in [0.717, 1.165) is 34.2 Å². The summed E-state index contributed by atoms with van der Waals surface area (Å²) in [5, 5.41) is 4.11. The Labute approximate surface area is 155 Å².